The molecule has 2 aliphatic carbocycles. The zero-order valence-corrected chi connectivity index (χ0v) is 20.7. The van der Waals surface area contributed by atoms with Crippen molar-refractivity contribution in [2.45, 2.75) is 63.4 Å². The standard InChI is InChI=1S/C30H28N2O5/c1-17-27(30(34)37-22-7-2-3-8-22)28(20-6-4-5-18(11-20)15-31)29-23(32-17)12-21(13-24(29)33)19-9-10-25-26(14-19)36-16-35-25/h4-6,9-11,14,21-22,27-28H,2-3,7-8,12-13,16H2,1H3. The SMILES string of the molecule is CC1=NC2=C(C(=O)CC(c3ccc4c(c3)OCO4)C2)C(c2cccc(C#N)c2)C1C(=O)OC1CCCC1. The van der Waals surface area contributed by atoms with Crippen LogP contribution in [0, 0.1) is 17.2 Å². The van der Waals surface area contributed by atoms with Crippen molar-refractivity contribution >= 4 is 17.5 Å². The van der Waals surface area contributed by atoms with E-state index in [9.17, 15) is 14.9 Å². The summed E-state index contributed by atoms with van der Waals surface area (Å²) in [5.41, 5.74) is 4.20. The summed E-state index contributed by atoms with van der Waals surface area (Å²) >= 11 is 0. The zero-order valence-electron chi connectivity index (χ0n) is 20.7. The molecule has 0 amide bonds. The van der Waals surface area contributed by atoms with Crippen molar-refractivity contribution in [1.29, 1.82) is 5.26 Å². The second-order valence-corrected chi connectivity index (χ2v) is 10.3. The molecule has 6 rings (SSSR count). The van der Waals surface area contributed by atoms with Gasteiger partial charge in [0, 0.05) is 29.3 Å². The topological polar surface area (TPSA) is 98.0 Å². The predicted molar refractivity (Wildman–Crippen MR) is 135 cm³/mol. The lowest BCUT2D eigenvalue weighted by Crippen LogP contribution is -2.39. The minimum atomic E-state index is -0.695. The molecule has 3 atom stereocenters. The fourth-order valence-corrected chi connectivity index (χ4v) is 6.17. The highest BCUT2D eigenvalue weighted by Gasteiger charge is 2.45. The molecule has 1 saturated carbocycles. The molecule has 0 radical (unpaired) electrons. The van der Waals surface area contributed by atoms with Gasteiger partial charge in [-0.2, -0.15) is 5.26 Å². The minimum Gasteiger partial charge on any atom is -0.462 e. The van der Waals surface area contributed by atoms with E-state index in [1.165, 1.54) is 0 Å². The Balaban J connectivity index is 1.39. The van der Waals surface area contributed by atoms with Crippen molar-refractivity contribution in [2.24, 2.45) is 10.9 Å². The van der Waals surface area contributed by atoms with Gasteiger partial charge in [-0.05, 0) is 80.3 Å². The average Bonchev–Trinajstić information content (AvgIpc) is 3.59. The van der Waals surface area contributed by atoms with Crippen LogP contribution in [-0.4, -0.2) is 30.4 Å². The summed E-state index contributed by atoms with van der Waals surface area (Å²) in [5.74, 6) is -0.235. The Kier molecular flexibility index (Phi) is 6.03. The van der Waals surface area contributed by atoms with Crippen LogP contribution in [0.1, 0.15) is 74.0 Å². The van der Waals surface area contributed by atoms with Crippen molar-refractivity contribution in [3.05, 3.63) is 70.4 Å². The lowest BCUT2D eigenvalue weighted by molar-refractivity contribution is -0.151. The number of nitriles is 1. The third-order valence-corrected chi connectivity index (χ3v) is 7.97. The summed E-state index contributed by atoms with van der Waals surface area (Å²) in [6, 6.07) is 15.2. The molecule has 0 aromatic heterocycles. The maximum Gasteiger partial charge on any atom is 0.315 e. The summed E-state index contributed by atoms with van der Waals surface area (Å²) < 4.78 is 16.9. The number of carbonyl (C=O) groups is 2. The molecule has 2 aromatic carbocycles. The van der Waals surface area contributed by atoms with Gasteiger partial charge in [0.2, 0.25) is 6.79 Å². The molecule has 2 aliphatic heterocycles. The highest BCUT2D eigenvalue weighted by atomic mass is 16.7. The molecular weight excluding hydrogens is 468 g/mol. The van der Waals surface area contributed by atoms with Gasteiger partial charge < -0.3 is 14.2 Å². The van der Waals surface area contributed by atoms with Crippen LogP contribution in [0.4, 0.5) is 0 Å². The number of benzene rings is 2. The first-order valence-corrected chi connectivity index (χ1v) is 12.9. The van der Waals surface area contributed by atoms with E-state index in [4.69, 9.17) is 19.2 Å². The van der Waals surface area contributed by atoms with E-state index in [2.05, 4.69) is 6.07 Å². The number of ketones is 1. The molecule has 0 saturated heterocycles. The number of aliphatic imine (C=N–C) groups is 1. The Morgan fingerprint density at radius 1 is 1.05 bits per heavy atom. The van der Waals surface area contributed by atoms with Gasteiger partial charge in [0.1, 0.15) is 12.0 Å². The van der Waals surface area contributed by atoms with Crippen LogP contribution in [0.15, 0.2) is 58.7 Å². The quantitative estimate of drug-likeness (QED) is 0.530. The Morgan fingerprint density at radius 2 is 1.86 bits per heavy atom. The normalized spacial score (nSPS) is 24.9. The number of esters is 1. The number of carbonyl (C=O) groups excluding carboxylic acids is 2. The number of hydrogen-bond donors (Lipinski definition) is 0. The third-order valence-electron chi connectivity index (χ3n) is 7.97. The van der Waals surface area contributed by atoms with Crippen LogP contribution < -0.4 is 9.47 Å². The van der Waals surface area contributed by atoms with E-state index in [0.717, 1.165) is 36.8 Å². The molecule has 7 nitrogen and oxygen atoms in total. The summed E-state index contributed by atoms with van der Waals surface area (Å²) in [6.45, 7) is 2.04. The second kappa shape index (κ2) is 9.51. The van der Waals surface area contributed by atoms with E-state index in [1.807, 2.05) is 31.2 Å². The molecule has 1 fully saturated rings. The monoisotopic (exact) mass is 496 g/mol. The molecule has 3 unspecified atom stereocenters. The maximum atomic E-state index is 13.8. The Morgan fingerprint density at radius 3 is 2.68 bits per heavy atom. The lowest BCUT2D eigenvalue weighted by atomic mass is 9.69. The molecule has 188 valence electrons. The van der Waals surface area contributed by atoms with Crippen LogP contribution in [0.3, 0.4) is 0 Å². The van der Waals surface area contributed by atoms with Crippen molar-refractivity contribution < 1.29 is 23.8 Å². The van der Waals surface area contributed by atoms with Crippen LogP contribution in [0.25, 0.3) is 0 Å². The van der Waals surface area contributed by atoms with Crippen molar-refractivity contribution in [1.82, 2.24) is 0 Å². The first kappa shape index (κ1) is 23.5. The largest absolute Gasteiger partial charge is 0.462 e. The molecule has 0 N–H and O–H groups in total. The maximum absolute atomic E-state index is 13.8. The number of rotatable bonds is 4. The van der Waals surface area contributed by atoms with Crippen molar-refractivity contribution in [3.8, 4) is 17.6 Å². The van der Waals surface area contributed by atoms with Gasteiger partial charge in [0.05, 0.1) is 11.6 Å². The van der Waals surface area contributed by atoms with Crippen LogP contribution >= 0.6 is 0 Å². The van der Waals surface area contributed by atoms with Gasteiger partial charge >= 0.3 is 5.97 Å². The second-order valence-electron chi connectivity index (χ2n) is 10.3. The number of allylic oxidation sites excluding steroid dienone is 2. The van der Waals surface area contributed by atoms with Gasteiger partial charge in [0.25, 0.3) is 0 Å². The fourth-order valence-electron chi connectivity index (χ4n) is 6.17. The first-order chi connectivity index (χ1) is 18.0. The number of hydrogen-bond acceptors (Lipinski definition) is 7. The van der Waals surface area contributed by atoms with Crippen LogP contribution in [-0.2, 0) is 14.3 Å². The fraction of sp³-hybridized carbons (Fsp3) is 0.400. The van der Waals surface area contributed by atoms with Gasteiger partial charge in [-0.15, -0.1) is 0 Å². The van der Waals surface area contributed by atoms with E-state index in [0.29, 0.717) is 46.9 Å². The molecule has 2 heterocycles. The Labute approximate surface area is 215 Å². The van der Waals surface area contributed by atoms with Crippen LogP contribution in [0.2, 0.25) is 0 Å². The lowest BCUT2D eigenvalue weighted by Gasteiger charge is -2.37. The molecule has 0 bridgehead atoms. The summed E-state index contributed by atoms with van der Waals surface area (Å²) in [5, 5.41) is 9.53. The van der Waals surface area contributed by atoms with E-state index in [-0.39, 0.29) is 30.6 Å². The third kappa shape index (κ3) is 4.31. The summed E-state index contributed by atoms with van der Waals surface area (Å²) in [6.07, 6.45) is 4.65. The van der Waals surface area contributed by atoms with Gasteiger partial charge in [-0.25, -0.2) is 0 Å². The Bertz CT molecular complexity index is 1380. The van der Waals surface area contributed by atoms with E-state index >= 15 is 0 Å². The number of fused-ring (bicyclic) bond motifs is 1. The Hall–Kier alpha value is -3.92. The molecule has 0 spiro atoms. The van der Waals surface area contributed by atoms with Gasteiger partial charge in [-0.3, -0.25) is 14.6 Å². The summed E-state index contributed by atoms with van der Waals surface area (Å²) in [7, 11) is 0. The average molecular weight is 497 g/mol. The molecule has 7 heteroatoms. The molecule has 2 aromatic rings. The van der Waals surface area contributed by atoms with Crippen molar-refractivity contribution in [3.63, 3.8) is 0 Å². The molecule has 37 heavy (non-hydrogen) atoms. The highest BCUT2D eigenvalue weighted by Crippen LogP contribution is 2.48. The van der Waals surface area contributed by atoms with E-state index < -0.39 is 11.8 Å². The molecular formula is C30H28N2O5. The smallest absolute Gasteiger partial charge is 0.315 e. The number of nitrogens with zero attached hydrogens (tertiary/aromatic N) is 2. The van der Waals surface area contributed by atoms with E-state index in [1.54, 1.807) is 18.2 Å². The zero-order chi connectivity index (χ0) is 25.5. The minimum absolute atomic E-state index is 0.0220. The predicted octanol–water partition coefficient (Wildman–Crippen LogP) is 5.35. The molecule has 4 aliphatic rings. The van der Waals surface area contributed by atoms with Gasteiger partial charge in [0.15, 0.2) is 17.3 Å². The summed E-state index contributed by atoms with van der Waals surface area (Å²) in [4.78, 5) is 32.2. The first-order valence-electron chi connectivity index (χ1n) is 12.9. The van der Waals surface area contributed by atoms with Crippen molar-refractivity contribution in [2.75, 3.05) is 6.79 Å². The number of ether oxygens (including phenoxy) is 3. The number of Topliss-reactive ketones (excluding diaryl/α,β-unsaturated/α-hetero) is 1. The van der Waals surface area contributed by atoms with Gasteiger partial charge in [-0.1, -0.05) is 18.2 Å². The highest BCUT2D eigenvalue weighted by molar-refractivity contribution is 6.09. The van der Waals surface area contributed by atoms with Crippen LogP contribution in [0.5, 0.6) is 11.5 Å².